The van der Waals surface area contributed by atoms with E-state index < -0.39 is 43.6 Å². The van der Waals surface area contributed by atoms with Gasteiger partial charge in [0.1, 0.15) is 21.5 Å². The number of hydrogen-bond acceptors (Lipinski definition) is 8. The number of rotatable bonds is 6. The number of benzene rings is 1. The van der Waals surface area contributed by atoms with E-state index >= 15 is 0 Å². The number of fused-ring (bicyclic) bond motifs is 6. The summed E-state index contributed by atoms with van der Waals surface area (Å²) in [5.74, 6) is -3.57. The van der Waals surface area contributed by atoms with Crippen LogP contribution in [0.25, 0.3) is 0 Å². The third-order valence-electron chi connectivity index (χ3n) is 7.52. The number of anilines is 1. The lowest BCUT2D eigenvalue weighted by atomic mass is 9.75. The Morgan fingerprint density at radius 1 is 1.18 bits per heavy atom. The van der Waals surface area contributed by atoms with Gasteiger partial charge in [-0.2, -0.15) is 8.42 Å². The van der Waals surface area contributed by atoms with Crippen molar-refractivity contribution in [2.45, 2.75) is 30.4 Å². The summed E-state index contributed by atoms with van der Waals surface area (Å²) in [4.78, 5) is 29.1. The van der Waals surface area contributed by atoms with Gasteiger partial charge in [-0.05, 0) is 41.3 Å². The SMILES string of the molecule is CS(=O)(=O)NCc1csc2c1S(=O)(=O)N=C(C1C(=O)C3C4C=CC(C4)C3N(Cc3ccc(F)cc3)C1=O)N2. The molecule has 14 heteroatoms. The number of carbonyl (C=O) groups excluding carboxylic acids is 2. The zero-order chi connectivity index (χ0) is 27.0. The van der Waals surface area contributed by atoms with Crippen LogP contribution >= 0.6 is 11.3 Å². The Hall–Kier alpha value is -2.94. The number of amides is 1. The van der Waals surface area contributed by atoms with Crippen molar-refractivity contribution < 1.29 is 30.8 Å². The number of nitrogens with zero attached hydrogens (tertiary/aromatic N) is 2. The Kier molecular flexibility index (Phi) is 5.87. The van der Waals surface area contributed by atoms with Crippen LogP contribution in [0.1, 0.15) is 17.5 Å². The number of piperidine rings is 1. The maximum atomic E-state index is 13.9. The lowest BCUT2D eigenvalue weighted by molar-refractivity contribution is -0.151. The monoisotopic (exact) mass is 578 g/mol. The maximum Gasteiger partial charge on any atom is 0.287 e. The van der Waals surface area contributed by atoms with Crippen LogP contribution in [0.5, 0.6) is 0 Å². The third-order valence-corrected chi connectivity index (χ3v) is 10.7. The summed E-state index contributed by atoms with van der Waals surface area (Å²) >= 11 is 1.02. The molecule has 5 atom stereocenters. The van der Waals surface area contributed by atoms with E-state index in [4.69, 9.17) is 0 Å². The molecule has 6 rings (SSSR count). The van der Waals surface area contributed by atoms with Crippen molar-refractivity contribution in [2.75, 3.05) is 11.6 Å². The third kappa shape index (κ3) is 4.19. The fourth-order valence-corrected chi connectivity index (χ4v) is 9.04. The second-order valence-corrected chi connectivity index (χ2v) is 14.2. The van der Waals surface area contributed by atoms with E-state index in [1.807, 2.05) is 12.2 Å². The van der Waals surface area contributed by atoms with Crippen molar-refractivity contribution in [3.05, 3.63) is 58.7 Å². The predicted octanol–water partition coefficient (Wildman–Crippen LogP) is 1.87. The molecule has 10 nitrogen and oxygen atoms in total. The summed E-state index contributed by atoms with van der Waals surface area (Å²) in [5, 5.41) is 4.55. The van der Waals surface area contributed by atoms with Crippen LogP contribution in [-0.2, 0) is 42.7 Å². The Labute approximate surface area is 222 Å². The van der Waals surface area contributed by atoms with Crippen molar-refractivity contribution in [3.8, 4) is 0 Å². The fourth-order valence-electron chi connectivity index (χ4n) is 5.97. The predicted molar refractivity (Wildman–Crippen MR) is 138 cm³/mol. The highest BCUT2D eigenvalue weighted by Gasteiger charge is 2.59. The molecule has 0 spiro atoms. The molecule has 2 aliphatic carbocycles. The maximum absolute atomic E-state index is 13.9. The second kappa shape index (κ2) is 8.79. The van der Waals surface area contributed by atoms with Gasteiger partial charge in [-0.25, -0.2) is 17.5 Å². The summed E-state index contributed by atoms with van der Waals surface area (Å²) in [6.07, 6.45) is 5.70. The summed E-state index contributed by atoms with van der Waals surface area (Å²) in [6.45, 7) is -0.102. The van der Waals surface area contributed by atoms with Crippen molar-refractivity contribution in [1.82, 2.24) is 9.62 Å². The van der Waals surface area contributed by atoms with E-state index in [1.54, 1.807) is 17.0 Å². The molecule has 1 saturated carbocycles. The Bertz CT molecular complexity index is 1630. The Morgan fingerprint density at radius 3 is 2.61 bits per heavy atom. The number of allylic oxidation sites excluding steroid dienone is 1. The highest BCUT2D eigenvalue weighted by atomic mass is 32.2. The minimum absolute atomic E-state index is 0.0121. The molecule has 3 heterocycles. The molecule has 2 fully saturated rings. The average Bonchev–Trinajstić information content (AvgIpc) is 3.56. The van der Waals surface area contributed by atoms with E-state index in [-0.39, 0.29) is 58.0 Å². The van der Waals surface area contributed by atoms with Gasteiger partial charge in [-0.1, -0.05) is 24.3 Å². The normalized spacial score (nSPS) is 29.2. The van der Waals surface area contributed by atoms with E-state index in [0.29, 0.717) is 5.56 Å². The van der Waals surface area contributed by atoms with E-state index in [0.717, 1.165) is 24.0 Å². The van der Waals surface area contributed by atoms with Crippen molar-refractivity contribution in [1.29, 1.82) is 0 Å². The second-order valence-electron chi connectivity index (χ2n) is 9.98. The number of likely N-dealkylation sites (tertiary alicyclic amines) is 1. The molecule has 200 valence electrons. The van der Waals surface area contributed by atoms with Crippen molar-refractivity contribution >= 4 is 53.9 Å². The van der Waals surface area contributed by atoms with Gasteiger partial charge >= 0.3 is 0 Å². The van der Waals surface area contributed by atoms with Crippen LogP contribution in [-0.4, -0.2) is 51.6 Å². The molecule has 5 unspecified atom stereocenters. The van der Waals surface area contributed by atoms with Crippen LogP contribution in [0.2, 0.25) is 0 Å². The van der Waals surface area contributed by atoms with Crippen LogP contribution in [0, 0.1) is 29.5 Å². The molecule has 1 saturated heterocycles. The van der Waals surface area contributed by atoms with E-state index in [2.05, 4.69) is 14.4 Å². The Balaban J connectivity index is 1.36. The van der Waals surface area contributed by atoms with Gasteiger partial charge in [0.05, 0.1) is 6.26 Å². The lowest BCUT2D eigenvalue weighted by Gasteiger charge is -2.44. The number of thiophene rings is 1. The number of Topliss-reactive ketones (excluding diaryl/α,β-unsaturated/α-hetero) is 1. The van der Waals surface area contributed by atoms with Gasteiger partial charge in [0.15, 0.2) is 11.7 Å². The van der Waals surface area contributed by atoms with E-state index in [9.17, 15) is 30.8 Å². The van der Waals surface area contributed by atoms with Crippen molar-refractivity contribution in [2.24, 2.45) is 28.1 Å². The molecule has 4 aliphatic rings. The summed E-state index contributed by atoms with van der Waals surface area (Å²) in [5.41, 5.74) is 0.899. The number of sulfonamides is 2. The van der Waals surface area contributed by atoms with Crippen molar-refractivity contribution in [3.63, 3.8) is 0 Å². The highest BCUT2D eigenvalue weighted by molar-refractivity contribution is 7.91. The van der Waals surface area contributed by atoms with Crippen LogP contribution in [0.3, 0.4) is 0 Å². The first-order valence-corrected chi connectivity index (χ1v) is 16.1. The number of hydrogen-bond donors (Lipinski definition) is 2. The minimum Gasteiger partial charge on any atom is -0.333 e. The minimum atomic E-state index is -4.33. The zero-order valence-electron chi connectivity index (χ0n) is 20.0. The molecule has 1 aromatic carbocycles. The molecule has 2 aromatic rings. The van der Waals surface area contributed by atoms with Gasteiger partial charge < -0.3 is 10.2 Å². The first kappa shape index (κ1) is 25.3. The number of nitrogens with one attached hydrogen (secondary N) is 2. The van der Waals surface area contributed by atoms with Gasteiger partial charge in [0.2, 0.25) is 15.9 Å². The fraction of sp³-hybridized carbons (Fsp3) is 0.375. The van der Waals surface area contributed by atoms with Gasteiger partial charge in [0.25, 0.3) is 10.0 Å². The number of halogens is 1. The van der Waals surface area contributed by atoms with Crippen LogP contribution in [0.15, 0.2) is 51.1 Å². The molecule has 1 amide bonds. The molecule has 0 radical (unpaired) electrons. The number of ketones is 1. The van der Waals surface area contributed by atoms with E-state index in [1.165, 1.54) is 17.5 Å². The topological polar surface area (TPSA) is 142 Å². The summed E-state index contributed by atoms with van der Waals surface area (Å²) < 4.78 is 69.1. The van der Waals surface area contributed by atoms with Crippen LogP contribution < -0.4 is 10.0 Å². The standard InChI is InChI=1S/C24H23FN4O6S3/c1-37(32,33)26-9-15-11-36-23-21(15)38(34,35)28-22(27-23)18-20(30)17-13-4-5-14(8-13)19(17)29(24(18)31)10-12-2-6-16(25)7-3-12/h2-7,11,13-14,17-19,26H,8-10H2,1H3,(H,27,28). The molecule has 2 aliphatic heterocycles. The average molecular weight is 579 g/mol. The molecular formula is C24H23FN4O6S3. The smallest absolute Gasteiger partial charge is 0.287 e. The summed E-state index contributed by atoms with van der Waals surface area (Å²) in [7, 11) is -7.90. The Morgan fingerprint density at radius 2 is 1.89 bits per heavy atom. The molecule has 2 N–H and O–H groups in total. The highest BCUT2D eigenvalue weighted by Crippen LogP contribution is 2.51. The summed E-state index contributed by atoms with van der Waals surface area (Å²) in [6, 6.07) is 5.41. The molecule has 2 bridgehead atoms. The molecule has 1 aromatic heterocycles. The first-order chi connectivity index (χ1) is 17.9. The first-order valence-electron chi connectivity index (χ1n) is 11.9. The van der Waals surface area contributed by atoms with Gasteiger partial charge in [-0.15, -0.1) is 15.7 Å². The van der Waals surface area contributed by atoms with Crippen LogP contribution in [0.4, 0.5) is 9.39 Å². The zero-order valence-corrected chi connectivity index (χ0v) is 22.4. The number of carbonyl (C=O) groups is 2. The lowest BCUT2D eigenvalue weighted by Crippen LogP contribution is -2.60. The largest absolute Gasteiger partial charge is 0.333 e. The van der Waals surface area contributed by atoms with Gasteiger partial charge in [0, 0.05) is 30.6 Å². The quantitative estimate of drug-likeness (QED) is 0.394. The molecular weight excluding hydrogens is 555 g/mol. The van der Waals surface area contributed by atoms with Gasteiger partial charge in [-0.3, -0.25) is 9.59 Å². The molecule has 38 heavy (non-hydrogen) atoms. The number of amidine groups is 1.